The van der Waals surface area contributed by atoms with Crippen LogP contribution in [0.1, 0.15) is 52.3 Å². The smallest absolute Gasteiger partial charge is 0.120 e. The van der Waals surface area contributed by atoms with E-state index in [9.17, 15) is 0 Å². The van der Waals surface area contributed by atoms with Crippen molar-refractivity contribution in [1.29, 1.82) is 0 Å². The number of furan rings is 1. The van der Waals surface area contributed by atoms with Crippen molar-refractivity contribution in [3.63, 3.8) is 0 Å². The van der Waals surface area contributed by atoms with Gasteiger partial charge in [-0.25, -0.2) is 0 Å². The van der Waals surface area contributed by atoms with Crippen LogP contribution >= 0.6 is 0 Å². The summed E-state index contributed by atoms with van der Waals surface area (Å²) in [5, 5.41) is 3.54. The second kappa shape index (κ2) is 5.96. The van der Waals surface area contributed by atoms with Crippen molar-refractivity contribution in [2.24, 2.45) is 5.92 Å². The van der Waals surface area contributed by atoms with Crippen LogP contribution in [-0.2, 0) is 0 Å². The van der Waals surface area contributed by atoms with E-state index in [4.69, 9.17) is 4.42 Å². The van der Waals surface area contributed by atoms with Crippen molar-refractivity contribution >= 4 is 0 Å². The Morgan fingerprint density at radius 3 is 2.47 bits per heavy atom. The Kier molecular flexibility index (Phi) is 4.89. The number of nitrogens with one attached hydrogen (secondary N) is 1. The van der Waals surface area contributed by atoms with Crippen LogP contribution in [0.5, 0.6) is 0 Å². The van der Waals surface area contributed by atoms with Gasteiger partial charge in [-0.15, -0.1) is 0 Å². The molecule has 1 aromatic heterocycles. The molecule has 0 spiro atoms. The quantitative estimate of drug-likeness (QED) is 0.771. The van der Waals surface area contributed by atoms with Crippen LogP contribution in [0, 0.1) is 5.92 Å². The Hall–Kier alpha value is -0.760. The minimum absolute atomic E-state index is 0.308. The van der Waals surface area contributed by atoms with Crippen molar-refractivity contribution < 1.29 is 4.42 Å². The van der Waals surface area contributed by atoms with Gasteiger partial charge in [0.1, 0.15) is 5.76 Å². The number of rotatable bonds is 6. The van der Waals surface area contributed by atoms with Gasteiger partial charge in [0.2, 0.25) is 0 Å². The van der Waals surface area contributed by atoms with Crippen molar-refractivity contribution in [1.82, 2.24) is 5.32 Å². The average Bonchev–Trinajstić information content (AvgIpc) is 2.67. The van der Waals surface area contributed by atoms with Gasteiger partial charge < -0.3 is 9.73 Å². The Balaban J connectivity index is 2.28. The molecule has 1 N–H and O–H groups in total. The van der Waals surface area contributed by atoms with Gasteiger partial charge in [-0.3, -0.25) is 0 Å². The highest BCUT2D eigenvalue weighted by molar-refractivity contribution is 5.03. The van der Waals surface area contributed by atoms with Gasteiger partial charge in [-0.05, 0) is 44.7 Å². The average molecular weight is 209 g/mol. The summed E-state index contributed by atoms with van der Waals surface area (Å²) in [5.74, 6) is 1.81. The molecule has 0 aliphatic carbocycles. The first-order chi connectivity index (χ1) is 7.09. The molecule has 0 radical (unpaired) electrons. The molecule has 15 heavy (non-hydrogen) atoms. The molecule has 0 saturated carbocycles. The van der Waals surface area contributed by atoms with E-state index in [0.717, 1.165) is 11.7 Å². The van der Waals surface area contributed by atoms with E-state index in [1.54, 1.807) is 6.26 Å². The molecule has 0 fully saturated rings. The van der Waals surface area contributed by atoms with E-state index in [-0.39, 0.29) is 0 Å². The van der Waals surface area contributed by atoms with Crippen molar-refractivity contribution in [3.8, 4) is 0 Å². The number of hydrogen-bond acceptors (Lipinski definition) is 2. The Bertz CT molecular complexity index is 254. The predicted octanol–water partition coefficient (Wildman–Crippen LogP) is 3.75. The monoisotopic (exact) mass is 209 g/mol. The minimum atomic E-state index is 0.308. The highest BCUT2D eigenvalue weighted by Gasteiger charge is 2.11. The van der Waals surface area contributed by atoms with Gasteiger partial charge in [0.05, 0.1) is 12.3 Å². The Morgan fingerprint density at radius 1 is 1.20 bits per heavy atom. The van der Waals surface area contributed by atoms with Crippen molar-refractivity contribution in [3.05, 3.63) is 24.2 Å². The fourth-order valence-corrected chi connectivity index (χ4v) is 1.71. The summed E-state index contributed by atoms with van der Waals surface area (Å²) in [6, 6.07) is 4.81. The van der Waals surface area contributed by atoms with Gasteiger partial charge in [-0.2, -0.15) is 0 Å². The molecule has 1 heterocycles. The van der Waals surface area contributed by atoms with Crippen LogP contribution in [0.3, 0.4) is 0 Å². The van der Waals surface area contributed by atoms with E-state index in [0.29, 0.717) is 12.1 Å². The van der Waals surface area contributed by atoms with Crippen molar-refractivity contribution in [2.45, 2.75) is 52.6 Å². The lowest BCUT2D eigenvalue weighted by Crippen LogP contribution is -2.28. The third-order valence-electron chi connectivity index (χ3n) is 2.68. The molecule has 0 aliphatic heterocycles. The van der Waals surface area contributed by atoms with Gasteiger partial charge >= 0.3 is 0 Å². The van der Waals surface area contributed by atoms with E-state index >= 15 is 0 Å². The fourth-order valence-electron chi connectivity index (χ4n) is 1.71. The SMILES string of the molecule is CC(C)CCC(C)N[C@@H](C)c1ccco1. The van der Waals surface area contributed by atoms with Crippen molar-refractivity contribution in [2.75, 3.05) is 0 Å². The topological polar surface area (TPSA) is 25.2 Å². The third-order valence-corrected chi connectivity index (χ3v) is 2.68. The standard InChI is InChI=1S/C13H23NO/c1-10(2)7-8-11(3)14-12(4)13-6-5-9-15-13/h5-6,9-12,14H,7-8H2,1-4H3/t11?,12-/m0/s1. The zero-order valence-electron chi connectivity index (χ0n) is 10.3. The molecule has 1 aromatic rings. The molecular formula is C13H23NO. The highest BCUT2D eigenvalue weighted by Crippen LogP contribution is 2.15. The first-order valence-electron chi connectivity index (χ1n) is 5.89. The van der Waals surface area contributed by atoms with Crippen LogP contribution in [0.25, 0.3) is 0 Å². The molecule has 0 aromatic carbocycles. The van der Waals surface area contributed by atoms with Crippen LogP contribution in [-0.4, -0.2) is 6.04 Å². The lowest BCUT2D eigenvalue weighted by Gasteiger charge is -2.19. The predicted molar refractivity (Wildman–Crippen MR) is 63.8 cm³/mol. The maximum Gasteiger partial charge on any atom is 0.120 e. The minimum Gasteiger partial charge on any atom is -0.468 e. The number of hydrogen-bond donors (Lipinski definition) is 1. The van der Waals surface area contributed by atoms with Crippen LogP contribution in [0.2, 0.25) is 0 Å². The summed E-state index contributed by atoms with van der Waals surface area (Å²) in [7, 11) is 0. The fraction of sp³-hybridized carbons (Fsp3) is 0.692. The second-order valence-electron chi connectivity index (χ2n) is 4.78. The van der Waals surface area contributed by atoms with E-state index in [2.05, 4.69) is 33.0 Å². The van der Waals surface area contributed by atoms with Crippen LogP contribution < -0.4 is 5.32 Å². The summed E-state index contributed by atoms with van der Waals surface area (Å²) in [4.78, 5) is 0. The molecule has 0 aliphatic rings. The molecule has 0 saturated heterocycles. The molecule has 2 atom stereocenters. The highest BCUT2D eigenvalue weighted by atomic mass is 16.3. The molecule has 2 heteroatoms. The van der Waals surface area contributed by atoms with Crippen LogP contribution in [0.4, 0.5) is 0 Å². The third kappa shape index (κ3) is 4.52. The molecule has 0 amide bonds. The Labute approximate surface area is 93.1 Å². The van der Waals surface area contributed by atoms with Gasteiger partial charge in [-0.1, -0.05) is 13.8 Å². The maximum atomic E-state index is 5.36. The van der Waals surface area contributed by atoms with E-state index in [1.165, 1.54) is 12.8 Å². The lowest BCUT2D eigenvalue weighted by atomic mass is 10.0. The summed E-state index contributed by atoms with van der Waals surface area (Å²) >= 11 is 0. The van der Waals surface area contributed by atoms with Gasteiger partial charge in [0, 0.05) is 6.04 Å². The first-order valence-corrected chi connectivity index (χ1v) is 5.89. The molecule has 86 valence electrons. The van der Waals surface area contributed by atoms with Gasteiger partial charge in [0.25, 0.3) is 0 Å². The lowest BCUT2D eigenvalue weighted by molar-refractivity contribution is 0.373. The van der Waals surface area contributed by atoms with Crippen LogP contribution in [0.15, 0.2) is 22.8 Å². The zero-order valence-corrected chi connectivity index (χ0v) is 10.3. The molecular weight excluding hydrogens is 186 g/mol. The summed E-state index contributed by atoms with van der Waals surface area (Å²) < 4.78 is 5.36. The second-order valence-corrected chi connectivity index (χ2v) is 4.78. The first kappa shape index (κ1) is 12.3. The largest absolute Gasteiger partial charge is 0.468 e. The molecule has 1 rings (SSSR count). The summed E-state index contributed by atoms with van der Waals surface area (Å²) in [6.07, 6.45) is 4.23. The van der Waals surface area contributed by atoms with E-state index in [1.807, 2.05) is 12.1 Å². The molecule has 0 bridgehead atoms. The van der Waals surface area contributed by atoms with Gasteiger partial charge in [0.15, 0.2) is 0 Å². The summed E-state index contributed by atoms with van der Waals surface area (Å²) in [6.45, 7) is 8.91. The van der Waals surface area contributed by atoms with E-state index < -0.39 is 0 Å². The Morgan fingerprint density at radius 2 is 1.93 bits per heavy atom. The molecule has 2 nitrogen and oxygen atoms in total. The molecule has 1 unspecified atom stereocenters. The summed E-state index contributed by atoms with van der Waals surface area (Å²) in [5.41, 5.74) is 0. The zero-order chi connectivity index (χ0) is 11.3. The maximum absolute atomic E-state index is 5.36. The normalized spacial score (nSPS) is 15.5.